The summed E-state index contributed by atoms with van der Waals surface area (Å²) in [4.78, 5) is 4.76. The summed E-state index contributed by atoms with van der Waals surface area (Å²) in [6.45, 7) is 9.76. The summed E-state index contributed by atoms with van der Waals surface area (Å²) in [5.74, 6) is 2.85. The Morgan fingerprint density at radius 2 is 2.00 bits per heavy atom. The second kappa shape index (κ2) is 3.69. The quantitative estimate of drug-likeness (QED) is 0.556. The van der Waals surface area contributed by atoms with Gasteiger partial charge < -0.3 is 4.90 Å². The standard InChI is InChI=1S/C11H20N2/c1-6-11(3,4)13-8-7-12(5)10(2)9-13/h1,10H,7-9H2,2-5H3. The molecule has 1 atom stereocenters. The van der Waals surface area contributed by atoms with Crippen LogP contribution in [0.5, 0.6) is 0 Å². The van der Waals surface area contributed by atoms with E-state index in [0.29, 0.717) is 6.04 Å². The highest BCUT2D eigenvalue weighted by molar-refractivity contribution is 5.09. The highest BCUT2D eigenvalue weighted by Gasteiger charge is 2.30. The third-order valence-electron chi connectivity index (χ3n) is 3.10. The maximum absolute atomic E-state index is 5.51. The van der Waals surface area contributed by atoms with Crippen molar-refractivity contribution in [1.29, 1.82) is 0 Å². The van der Waals surface area contributed by atoms with Crippen LogP contribution in [0.4, 0.5) is 0 Å². The summed E-state index contributed by atoms with van der Waals surface area (Å²) in [6, 6.07) is 0.612. The van der Waals surface area contributed by atoms with Crippen molar-refractivity contribution in [1.82, 2.24) is 9.80 Å². The van der Waals surface area contributed by atoms with Crippen LogP contribution in [-0.4, -0.2) is 48.1 Å². The van der Waals surface area contributed by atoms with Gasteiger partial charge in [-0.1, -0.05) is 5.92 Å². The Hall–Kier alpha value is -0.520. The molecule has 0 aromatic carbocycles. The molecular formula is C11H20N2. The molecule has 0 saturated carbocycles. The molecule has 0 amide bonds. The van der Waals surface area contributed by atoms with Crippen LogP contribution in [0.25, 0.3) is 0 Å². The molecule has 2 heteroatoms. The molecule has 1 aliphatic heterocycles. The van der Waals surface area contributed by atoms with Crippen molar-refractivity contribution in [3.63, 3.8) is 0 Å². The number of rotatable bonds is 1. The van der Waals surface area contributed by atoms with E-state index in [0.717, 1.165) is 19.6 Å². The van der Waals surface area contributed by atoms with Crippen molar-refractivity contribution in [2.45, 2.75) is 32.4 Å². The van der Waals surface area contributed by atoms with Crippen LogP contribution < -0.4 is 0 Å². The smallest absolute Gasteiger partial charge is 0.0767 e. The van der Waals surface area contributed by atoms with E-state index in [1.165, 1.54) is 0 Å². The number of nitrogens with zero attached hydrogens (tertiary/aromatic N) is 2. The monoisotopic (exact) mass is 180 g/mol. The molecule has 0 N–H and O–H groups in total. The molecule has 2 nitrogen and oxygen atoms in total. The van der Waals surface area contributed by atoms with Gasteiger partial charge in [0.1, 0.15) is 0 Å². The van der Waals surface area contributed by atoms with Crippen LogP contribution in [0.15, 0.2) is 0 Å². The minimum Gasteiger partial charge on any atom is -0.301 e. The fourth-order valence-electron chi connectivity index (χ4n) is 1.65. The second-order valence-corrected chi connectivity index (χ2v) is 4.48. The average molecular weight is 180 g/mol. The zero-order chi connectivity index (χ0) is 10.1. The number of likely N-dealkylation sites (N-methyl/N-ethyl adjacent to an activating group) is 1. The van der Waals surface area contributed by atoms with Gasteiger partial charge in [-0.3, -0.25) is 4.90 Å². The first-order valence-corrected chi connectivity index (χ1v) is 4.90. The maximum Gasteiger partial charge on any atom is 0.0767 e. The van der Waals surface area contributed by atoms with Gasteiger partial charge >= 0.3 is 0 Å². The molecular weight excluding hydrogens is 160 g/mol. The van der Waals surface area contributed by atoms with Gasteiger partial charge in [-0.2, -0.15) is 0 Å². The van der Waals surface area contributed by atoms with E-state index in [-0.39, 0.29) is 5.54 Å². The summed E-state index contributed by atoms with van der Waals surface area (Å²) < 4.78 is 0. The van der Waals surface area contributed by atoms with Crippen LogP contribution in [-0.2, 0) is 0 Å². The van der Waals surface area contributed by atoms with Crippen LogP contribution in [0.1, 0.15) is 20.8 Å². The lowest BCUT2D eigenvalue weighted by Crippen LogP contribution is -2.56. The Morgan fingerprint density at radius 1 is 1.38 bits per heavy atom. The molecule has 1 fully saturated rings. The SMILES string of the molecule is C#CC(C)(C)N1CCN(C)C(C)C1. The van der Waals surface area contributed by atoms with E-state index in [2.05, 4.69) is 43.5 Å². The molecule has 13 heavy (non-hydrogen) atoms. The normalized spacial score (nSPS) is 27.2. The third-order valence-corrected chi connectivity index (χ3v) is 3.10. The van der Waals surface area contributed by atoms with Crippen molar-refractivity contribution in [2.75, 3.05) is 26.7 Å². The van der Waals surface area contributed by atoms with Crippen molar-refractivity contribution in [3.8, 4) is 12.3 Å². The van der Waals surface area contributed by atoms with E-state index in [4.69, 9.17) is 6.42 Å². The fourth-order valence-corrected chi connectivity index (χ4v) is 1.65. The molecule has 74 valence electrons. The molecule has 0 bridgehead atoms. The Balaban J connectivity index is 2.61. The van der Waals surface area contributed by atoms with Gasteiger partial charge in [0.15, 0.2) is 0 Å². The van der Waals surface area contributed by atoms with Crippen LogP contribution >= 0.6 is 0 Å². The minimum absolute atomic E-state index is 0.0878. The van der Waals surface area contributed by atoms with Crippen LogP contribution in [0, 0.1) is 12.3 Å². The van der Waals surface area contributed by atoms with E-state index in [9.17, 15) is 0 Å². The van der Waals surface area contributed by atoms with Gasteiger partial charge in [0.25, 0.3) is 0 Å². The molecule has 0 aromatic heterocycles. The van der Waals surface area contributed by atoms with E-state index >= 15 is 0 Å². The Bertz CT molecular complexity index is 215. The van der Waals surface area contributed by atoms with Gasteiger partial charge in [0, 0.05) is 25.7 Å². The van der Waals surface area contributed by atoms with Gasteiger partial charge in [-0.25, -0.2) is 0 Å². The van der Waals surface area contributed by atoms with E-state index < -0.39 is 0 Å². The predicted octanol–water partition coefficient (Wildman–Crippen LogP) is 1.03. The highest BCUT2D eigenvalue weighted by Crippen LogP contribution is 2.17. The minimum atomic E-state index is -0.0878. The number of terminal acetylenes is 1. The van der Waals surface area contributed by atoms with Gasteiger partial charge in [-0.15, -0.1) is 6.42 Å². The summed E-state index contributed by atoms with van der Waals surface area (Å²) in [5.41, 5.74) is -0.0878. The second-order valence-electron chi connectivity index (χ2n) is 4.48. The van der Waals surface area contributed by atoms with Gasteiger partial charge in [-0.05, 0) is 27.8 Å². The number of piperazine rings is 1. The Labute approximate surface area is 81.9 Å². The Kier molecular flexibility index (Phi) is 3.00. The van der Waals surface area contributed by atoms with Crippen LogP contribution in [0.2, 0.25) is 0 Å². The van der Waals surface area contributed by atoms with Crippen molar-refractivity contribution in [2.24, 2.45) is 0 Å². The molecule has 0 spiro atoms. The van der Waals surface area contributed by atoms with Crippen molar-refractivity contribution in [3.05, 3.63) is 0 Å². The first-order valence-electron chi connectivity index (χ1n) is 4.90. The molecule has 0 aromatic rings. The summed E-state index contributed by atoms with van der Waals surface area (Å²) in [5, 5.41) is 0. The molecule has 0 radical (unpaired) electrons. The maximum atomic E-state index is 5.51. The lowest BCUT2D eigenvalue weighted by atomic mass is 10.0. The Morgan fingerprint density at radius 3 is 2.46 bits per heavy atom. The molecule has 1 saturated heterocycles. The first-order chi connectivity index (χ1) is 5.97. The third kappa shape index (κ3) is 2.24. The largest absolute Gasteiger partial charge is 0.301 e. The molecule has 1 rings (SSSR count). The van der Waals surface area contributed by atoms with E-state index in [1.807, 2.05) is 0 Å². The number of hydrogen-bond donors (Lipinski definition) is 0. The van der Waals surface area contributed by atoms with Crippen molar-refractivity contribution < 1.29 is 0 Å². The zero-order valence-electron chi connectivity index (χ0n) is 9.17. The van der Waals surface area contributed by atoms with Crippen LogP contribution in [0.3, 0.4) is 0 Å². The lowest BCUT2D eigenvalue weighted by molar-refractivity contribution is 0.0584. The average Bonchev–Trinajstić information content (AvgIpc) is 2.09. The van der Waals surface area contributed by atoms with Gasteiger partial charge in [0.05, 0.1) is 5.54 Å². The topological polar surface area (TPSA) is 6.48 Å². The summed E-state index contributed by atoms with van der Waals surface area (Å²) in [7, 11) is 2.17. The molecule has 1 heterocycles. The number of hydrogen-bond acceptors (Lipinski definition) is 2. The molecule has 1 unspecified atom stereocenters. The first kappa shape index (κ1) is 10.6. The lowest BCUT2D eigenvalue weighted by Gasteiger charge is -2.43. The van der Waals surface area contributed by atoms with Gasteiger partial charge in [0.2, 0.25) is 0 Å². The predicted molar refractivity (Wildman–Crippen MR) is 56.6 cm³/mol. The van der Waals surface area contributed by atoms with Crippen molar-refractivity contribution >= 4 is 0 Å². The highest BCUT2D eigenvalue weighted by atomic mass is 15.3. The summed E-state index contributed by atoms with van der Waals surface area (Å²) >= 11 is 0. The molecule has 1 aliphatic rings. The fraction of sp³-hybridized carbons (Fsp3) is 0.818. The zero-order valence-corrected chi connectivity index (χ0v) is 9.17. The molecule has 0 aliphatic carbocycles. The summed E-state index contributed by atoms with van der Waals surface area (Å²) in [6.07, 6.45) is 5.51. The van der Waals surface area contributed by atoms with E-state index in [1.54, 1.807) is 0 Å².